The number of benzene rings is 2. The van der Waals surface area contributed by atoms with Gasteiger partial charge in [-0.3, -0.25) is 9.59 Å². The molecule has 6 nitrogen and oxygen atoms in total. The first kappa shape index (κ1) is 26.9. The number of halogens is 3. The Hall–Kier alpha value is -3.70. The van der Waals surface area contributed by atoms with Crippen molar-refractivity contribution in [2.24, 2.45) is 0 Å². The van der Waals surface area contributed by atoms with Crippen molar-refractivity contribution in [3.8, 4) is 11.3 Å². The van der Waals surface area contributed by atoms with Gasteiger partial charge in [0.15, 0.2) is 5.16 Å². The van der Waals surface area contributed by atoms with Crippen LogP contribution in [0.25, 0.3) is 11.3 Å². The number of para-hydroxylation sites is 1. The van der Waals surface area contributed by atoms with Crippen molar-refractivity contribution in [1.29, 1.82) is 0 Å². The van der Waals surface area contributed by atoms with Gasteiger partial charge in [0.1, 0.15) is 10.7 Å². The number of carbonyl (C=O) groups excluding carboxylic acids is 2. The van der Waals surface area contributed by atoms with E-state index in [2.05, 4.69) is 20.6 Å². The highest BCUT2D eigenvalue weighted by molar-refractivity contribution is 7.99. The quantitative estimate of drug-likeness (QED) is 0.184. The number of carbonyl (C=O) groups is 2. The summed E-state index contributed by atoms with van der Waals surface area (Å²) in [4.78, 5) is 35.1. The smallest absolute Gasteiger partial charge is 0.322 e. The number of thioether (sulfide) groups is 1. The number of anilines is 2. The molecular weight excluding hydrogens is 545 g/mol. The van der Waals surface area contributed by atoms with Crippen molar-refractivity contribution in [2.75, 3.05) is 16.4 Å². The van der Waals surface area contributed by atoms with Gasteiger partial charge in [0, 0.05) is 16.1 Å². The zero-order valence-corrected chi connectivity index (χ0v) is 22.2. The highest BCUT2D eigenvalue weighted by atomic mass is 32.2. The molecule has 2 aromatic carbocycles. The molecule has 4 aromatic rings. The molecule has 2 amide bonds. The number of rotatable bonds is 7. The monoisotopic (exact) mass is 568 g/mol. The third-order valence-corrected chi connectivity index (χ3v) is 8.14. The fourth-order valence-corrected chi connectivity index (χ4v) is 6.25. The lowest BCUT2D eigenvalue weighted by Crippen LogP contribution is -2.19. The summed E-state index contributed by atoms with van der Waals surface area (Å²) >= 11 is 2.18. The van der Waals surface area contributed by atoms with Gasteiger partial charge >= 0.3 is 6.18 Å². The number of fused-ring (bicyclic) bond motifs is 1. The van der Waals surface area contributed by atoms with Crippen LogP contribution in [0.4, 0.5) is 23.9 Å². The lowest BCUT2D eigenvalue weighted by atomic mass is 9.95. The second-order valence-electron chi connectivity index (χ2n) is 8.86. The highest BCUT2D eigenvalue weighted by Gasteiger charge is 2.34. The van der Waals surface area contributed by atoms with Gasteiger partial charge in [-0.1, -0.05) is 60.3 Å². The van der Waals surface area contributed by atoms with Crippen LogP contribution in [0.5, 0.6) is 0 Å². The molecule has 200 valence electrons. The Morgan fingerprint density at radius 2 is 1.62 bits per heavy atom. The van der Waals surface area contributed by atoms with E-state index < -0.39 is 17.8 Å². The molecule has 2 N–H and O–H groups in total. The minimum atomic E-state index is -4.67. The number of hydrogen-bond acceptors (Lipinski definition) is 6. The van der Waals surface area contributed by atoms with Crippen LogP contribution in [0.15, 0.2) is 71.9 Å². The first-order valence-corrected chi connectivity index (χ1v) is 14.0. The largest absolute Gasteiger partial charge is 0.433 e. The number of nitrogens with zero attached hydrogens (tertiary/aromatic N) is 2. The third kappa shape index (κ3) is 6.48. The molecule has 0 fully saturated rings. The maximum atomic E-state index is 13.5. The minimum absolute atomic E-state index is 0.117. The van der Waals surface area contributed by atoms with Crippen molar-refractivity contribution in [3.05, 3.63) is 88.4 Å². The number of aryl methyl sites for hydroxylation is 1. The van der Waals surface area contributed by atoms with E-state index in [9.17, 15) is 22.8 Å². The summed E-state index contributed by atoms with van der Waals surface area (Å²) in [6, 6.07) is 18.4. The summed E-state index contributed by atoms with van der Waals surface area (Å²) in [6.45, 7) is 0. The van der Waals surface area contributed by atoms with Crippen LogP contribution in [-0.4, -0.2) is 27.5 Å². The molecule has 2 heterocycles. The first-order valence-electron chi connectivity index (χ1n) is 12.2. The van der Waals surface area contributed by atoms with Gasteiger partial charge in [-0.15, -0.1) is 11.3 Å². The molecule has 0 saturated carbocycles. The van der Waals surface area contributed by atoms with Crippen LogP contribution < -0.4 is 10.6 Å². The molecule has 0 spiro atoms. The molecule has 11 heteroatoms. The molecule has 0 aliphatic heterocycles. The van der Waals surface area contributed by atoms with Gasteiger partial charge < -0.3 is 10.6 Å². The van der Waals surface area contributed by atoms with Gasteiger partial charge in [0.2, 0.25) is 5.91 Å². The lowest BCUT2D eigenvalue weighted by molar-refractivity contribution is -0.141. The number of amides is 2. The molecule has 1 aliphatic rings. The number of nitrogens with one attached hydrogen (secondary N) is 2. The van der Waals surface area contributed by atoms with Gasteiger partial charge in [-0.2, -0.15) is 13.2 Å². The fourth-order valence-electron chi connectivity index (χ4n) is 4.29. The van der Waals surface area contributed by atoms with E-state index in [1.165, 1.54) is 11.3 Å². The Kier molecular flexibility index (Phi) is 7.99. The number of aromatic nitrogens is 2. The zero-order valence-electron chi connectivity index (χ0n) is 20.5. The summed E-state index contributed by atoms with van der Waals surface area (Å²) in [7, 11) is 0. The topological polar surface area (TPSA) is 84.0 Å². The maximum Gasteiger partial charge on any atom is 0.433 e. The number of thiophene rings is 1. The third-order valence-electron chi connectivity index (χ3n) is 6.08. The first-order chi connectivity index (χ1) is 18.8. The van der Waals surface area contributed by atoms with Crippen molar-refractivity contribution in [1.82, 2.24) is 9.97 Å². The summed E-state index contributed by atoms with van der Waals surface area (Å²) in [6.07, 6.45) is -1.13. The fraction of sp³-hybridized carbons (Fsp3) is 0.214. The molecule has 0 radical (unpaired) electrons. The summed E-state index contributed by atoms with van der Waals surface area (Å²) in [5.41, 5.74) is 1.57. The predicted molar refractivity (Wildman–Crippen MR) is 147 cm³/mol. The molecule has 1 aliphatic carbocycles. The summed E-state index contributed by atoms with van der Waals surface area (Å²) in [5.74, 6) is -0.996. The molecule has 2 aromatic heterocycles. The molecule has 0 atom stereocenters. The predicted octanol–water partition coefficient (Wildman–Crippen LogP) is 7.09. The van der Waals surface area contributed by atoms with Crippen LogP contribution in [0.1, 0.15) is 39.3 Å². The normalized spacial score (nSPS) is 13.0. The molecule has 39 heavy (non-hydrogen) atoms. The molecule has 0 bridgehead atoms. The van der Waals surface area contributed by atoms with Crippen molar-refractivity contribution < 1.29 is 22.8 Å². The van der Waals surface area contributed by atoms with E-state index in [0.29, 0.717) is 21.8 Å². The van der Waals surface area contributed by atoms with Crippen molar-refractivity contribution >= 4 is 45.6 Å². The average Bonchev–Trinajstić information content (AvgIpc) is 3.30. The molecule has 0 saturated heterocycles. The van der Waals surface area contributed by atoms with E-state index in [4.69, 9.17) is 0 Å². The van der Waals surface area contributed by atoms with Crippen LogP contribution in [0.2, 0.25) is 0 Å². The SMILES string of the molecule is O=C(CSc1nc(-c2ccccc2)cc(C(F)(F)F)n1)Nc1sc2c(c1C(=O)Nc1ccccc1)CCCC2. The lowest BCUT2D eigenvalue weighted by Gasteiger charge is -2.13. The van der Waals surface area contributed by atoms with Gasteiger partial charge in [-0.05, 0) is 49.4 Å². The van der Waals surface area contributed by atoms with E-state index in [1.54, 1.807) is 42.5 Å². The maximum absolute atomic E-state index is 13.5. The minimum Gasteiger partial charge on any atom is -0.322 e. The van der Waals surface area contributed by atoms with Crippen LogP contribution >= 0.6 is 23.1 Å². The second kappa shape index (κ2) is 11.6. The number of hydrogen-bond donors (Lipinski definition) is 2. The van der Waals surface area contributed by atoms with E-state index >= 15 is 0 Å². The van der Waals surface area contributed by atoms with Crippen LogP contribution in [0.3, 0.4) is 0 Å². The van der Waals surface area contributed by atoms with E-state index in [-0.39, 0.29) is 22.5 Å². The van der Waals surface area contributed by atoms with Gasteiger partial charge in [0.25, 0.3) is 5.91 Å². The Bertz CT molecular complexity index is 1490. The Balaban J connectivity index is 1.35. The average molecular weight is 569 g/mol. The highest BCUT2D eigenvalue weighted by Crippen LogP contribution is 2.39. The zero-order chi connectivity index (χ0) is 27.4. The Labute approximate surface area is 231 Å². The van der Waals surface area contributed by atoms with E-state index in [0.717, 1.165) is 54.0 Å². The van der Waals surface area contributed by atoms with Crippen LogP contribution in [-0.2, 0) is 23.8 Å². The Morgan fingerprint density at radius 3 is 2.33 bits per heavy atom. The van der Waals surface area contributed by atoms with Crippen molar-refractivity contribution in [3.63, 3.8) is 0 Å². The van der Waals surface area contributed by atoms with Gasteiger partial charge in [0.05, 0.1) is 17.0 Å². The summed E-state index contributed by atoms with van der Waals surface area (Å²) < 4.78 is 40.6. The molecule has 5 rings (SSSR count). The van der Waals surface area contributed by atoms with Crippen molar-refractivity contribution in [2.45, 2.75) is 37.0 Å². The molecule has 0 unspecified atom stereocenters. The second-order valence-corrected chi connectivity index (χ2v) is 10.9. The Morgan fingerprint density at radius 1 is 0.923 bits per heavy atom. The van der Waals surface area contributed by atoms with Crippen LogP contribution in [0, 0.1) is 0 Å². The summed E-state index contributed by atoms with van der Waals surface area (Å²) in [5, 5.41) is 5.99. The number of alkyl halides is 3. The standard InChI is InChI=1S/C28H23F3N4O2S2/c29-28(30,31)22-15-20(17-9-3-1-4-10-17)33-27(34-22)38-16-23(36)35-26-24(19-13-7-8-14-21(19)39-26)25(37)32-18-11-5-2-6-12-18/h1-6,9-12,15H,7-8,13-14,16H2,(H,32,37)(H,35,36). The molecular formula is C28H23F3N4O2S2. The van der Waals surface area contributed by atoms with E-state index in [1.807, 2.05) is 18.2 Å². The van der Waals surface area contributed by atoms with Gasteiger partial charge in [-0.25, -0.2) is 9.97 Å².